The summed E-state index contributed by atoms with van der Waals surface area (Å²) in [4.78, 5) is 25.8. The molecule has 1 unspecified atom stereocenters. The molecule has 0 fully saturated rings. The van der Waals surface area contributed by atoms with Gasteiger partial charge in [0.2, 0.25) is 11.8 Å². The molecule has 1 aromatic heterocycles. The summed E-state index contributed by atoms with van der Waals surface area (Å²) in [6.45, 7) is 6.81. The number of rotatable bonds is 10. The van der Waals surface area contributed by atoms with Gasteiger partial charge in [-0.1, -0.05) is 6.07 Å². The quantitative estimate of drug-likeness (QED) is 0.477. The highest BCUT2D eigenvalue weighted by Crippen LogP contribution is 2.35. The Kier molecular flexibility index (Phi) is 7.44. The molecule has 0 aliphatic carbocycles. The second-order valence-electron chi connectivity index (χ2n) is 7.63. The van der Waals surface area contributed by atoms with E-state index in [-0.39, 0.29) is 12.2 Å². The molecule has 0 bridgehead atoms. The van der Waals surface area contributed by atoms with Gasteiger partial charge in [0, 0.05) is 61.8 Å². The summed E-state index contributed by atoms with van der Waals surface area (Å²) in [5.74, 6) is 0.0804. The smallest absolute Gasteiger partial charge is 0.303 e. The minimum absolute atomic E-state index is 0.0592. The van der Waals surface area contributed by atoms with Gasteiger partial charge in [0.15, 0.2) is 12.0 Å². The zero-order chi connectivity index (χ0) is 21.5. The fourth-order valence-corrected chi connectivity index (χ4v) is 3.95. The highest BCUT2D eigenvalue weighted by atomic mass is 16.5. The minimum Gasteiger partial charge on any atom is -0.481 e. The Morgan fingerprint density at radius 3 is 2.70 bits per heavy atom. The number of benzene rings is 1. The molecule has 0 saturated heterocycles. The molecule has 3 rings (SSSR count). The number of fused-ring (bicyclic) bond motifs is 1. The molecule has 2 aromatic rings. The monoisotopic (exact) mass is 411 g/mol. The van der Waals surface area contributed by atoms with Gasteiger partial charge in [-0.05, 0) is 38.8 Å². The summed E-state index contributed by atoms with van der Waals surface area (Å²) in [6.07, 6.45) is 4.27. The first-order valence-corrected chi connectivity index (χ1v) is 10.8. The van der Waals surface area contributed by atoms with Gasteiger partial charge in [-0.3, -0.25) is 9.59 Å². The van der Waals surface area contributed by atoms with E-state index in [1.54, 1.807) is 0 Å². The molecule has 0 saturated carbocycles. The van der Waals surface area contributed by atoms with Crippen LogP contribution >= 0.6 is 0 Å². The highest BCUT2D eigenvalue weighted by Gasteiger charge is 2.35. The maximum Gasteiger partial charge on any atom is 0.303 e. The van der Waals surface area contributed by atoms with Crippen molar-refractivity contribution in [1.82, 2.24) is 0 Å². The van der Waals surface area contributed by atoms with Crippen molar-refractivity contribution < 1.29 is 24.0 Å². The van der Waals surface area contributed by atoms with Crippen LogP contribution in [0.3, 0.4) is 0 Å². The number of hydrogen-bond donors (Lipinski definition) is 1. The van der Waals surface area contributed by atoms with E-state index in [4.69, 9.17) is 9.84 Å². The molecule has 1 aromatic carbocycles. The van der Waals surface area contributed by atoms with Gasteiger partial charge in [0.25, 0.3) is 0 Å². The van der Waals surface area contributed by atoms with Crippen LogP contribution in [0.5, 0.6) is 5.75 Å². The molecule has 1 atom stereocenters. The van der Waals surface area contributed by atoms with Crippen molar-refractivity contribution in [1.29, 1.82) is 0 Å². The predicted octanol–water partition coefficient (Wildman–Crippen LogP) is 3.71. The Morgan fingerprint density at radius 1 is 1.17 bits per heavy atom. The SMILES string of the molecule is CCN(CC)c1ccc2c(c1)OC(c1cccc[n+]1CCCCCC(=O)O)C(=O)C2. The summed E-state index contributed by atoms with van der Waals surface area (Å²) in [5, 5.41) is 8.78. The molecule has 160 valence electrons. The molecule has 1 aliphatic rings. The average Bonchev–Trinajstić information content (AvgIpc) is 2.74. The fourth-order valence-electron chi connectivity index (χ4n) is 3.95. The van der Waals surface area contributed by atoms with Crippen molar-refractivity contribution in [2.75, 3.05) is 18.0 Å². The Balaban J connectivity index is 1.76. The summed E-state index contributed by atoms with van der Waals surface area (Å²) in [5.41, 5.74) is 2.88. The van der Waals surface area contributed by atoms with E-state index in [2.05, 4.69) is 29.4 Å². The highest BCUT2D eigenvalue weighted by molar-refractivity contribution is 5.88. The number of hydrogen-bond acceptors (Lipinski definition) is 4. The summed E-state index contributed by atoms with van der Waals surface area (Å²) in [6, 6.07) is 11.9. The van der Waals surface area contributed by atoms with Crippen LogP contribution in [0.2, 0.25) is 0 Å². The summed E-state index contributed by atoms with van der Waals surface area (Å²) < 4.78 is 8.29. The largest absolute Gasteiger partial charge is 0.481 e. The number of aromatic nitrogens is 1. The number of anilines is 1. The number of unbranched alkanes of at least 4 members (excludes halogenated alkanes) is 2. The zero-order valence-corrected chi connectivity index (χ0v) is 17.8. The molecular weight excluding hydrogens is 380 g/mol. The van der Waals surface area contributed by atoms with Crippen LogP contribution in [0, 0.1) is 0 Å². The van der Waals surface area contributed by atoms with E-state index in [0.717, 1.165) is 55.2 Å². The first kappa shape index (κ1) is 21.8. The van der Waals surface area contributed by atoms with Crippen molar-refractivity contribution in [2.45, 2.75) is 58.6 Å². The Morgan fingerprint density at radius 2 is 1.97 bits per heavy atom. The third kappa shape index (κ3) is 5.17. The van der Waals surface area contributed by atoms with Crippen LogP contribution in [-0.2, 0) is 22.6 Å². The molecule has 0 spiro atoms. The first-order chi connectivity index (χ1) is 14.5. The van der Waals surface area contributed by atoms with Crippen LogP contribution in [0.1, 0.15) is 56.9 Å². The van der Waals surface area contributed by atoms with E-state index in [1.807, 2.05) is 36.5 Å². The number of carbonyl (C=O) groups is 2. The Labute approximate surface area is 178 Å². The predicted molar refractivity (Wildman–Crippen MR) is 115 cm³/mol. The van der Waals surface area contributed by atoms with Crippen LogP contribution in [0.4, 0.5) is 5.69 Å². The molecule has 0 radical (unpaired) electrons. The van der Waals surface area contributed by atoms with Gasteiger partial charge in [-0.2, -0.15) is 4.57 Å². The number of pyridine rings is 1. The molecule has 6 nitrogen and oxygen atoms in total. The third-order valence-corrected chi connectivity index (χ3v) is 5.62. The van der Waals surface area contributed by atoms with E-state index >= 15 is 0 Å². The fraction of sp³-hybridized carbons (Fsp3) is 0.458. The number of ketones is 1. The third-order valence-electron chi connectivity index (χ3n) is 5.62. The lowest BCUT2D eigenvalue weighted by atomic mass is 9.98. The van der Waals surface area contributed by atoms with E-state index < -0.39 is 12.1 Å². The van der Waals surface area contributed by atoms with Crippen molar-refractivity contribution in [3.05, 3.63) is 53.9 Å². The van der Waals surface area contributed by atoms with Gasteiger partial charge in [0.1, 0.15) is 12.3 Å². The molecule has 0 amide bonds. The number of aryl methyl sites for hydroxylation is 1. The summed E-state index contributed by atoms with van der Waals surface area (Å²) in [7, 11) is 0. The van der Waals surface area contributed by atoms with Crippen molar-refractivity contribution >= 4 is 17.4 Å². The molecule has 1 N–H and O–H groups in total. The van der Waals surface area contributed by atoms with Gasteiger partial charge in [0.05, 0.1) is 0 Å². The number of carboxylic acids is 1. The van der Waals surface area contributed by atoms with Crippen molar-refractivity contribution in [3.63, 3.8) is 0 Å². The topological polar surface area (TPSA) is 70.7 Å². The number of ether oxygens (including phenoxy) is 1. The number of Topliss-reactive ketones (excluding diaryl/α,β-unsaturated/α-hetero) is 1. The molecule has 2 heterocycles. The van der Waals surface area contributed by atoms with Gasteiger partial charge >= 0.3 is 5.97 Å². The second kappa shape index (κ2) is 10.2. The van der Waals surface area contributed by atoms with Gasteiger partial charge < -0.3 is 14.7 Å². The zero-order valence-electron chi connectivity index (χ0n) is 17.8. The maximum absolute atomic E-state index is 12.9. The minimum atomic E-state index is -0.757. The molecule has 6 heteroatoms. The standard InChI is InChI=1S/C24H30N2O4/c1-3-25(4-2)19-13-12-18-16-21(27)24(30-22(18)17-19)20-10-7-9-15-26(20)14-8-5-6-11-23(28)29/h7,9-10,12-13,15,17,24H,3-6,8,11,14,16H2,1-2H3/p+1. The van der Waals surface area contributed by atoms with Crippen LogP contribution < -0.4 is 14.2 Å². The van der Waals surface area contributed by atoms with Gasteiger partial charge in [-0.15, -0.1) is 0 Å². The number of carbonyl (C=O) groups excluding carboxylic acids is 1. The lowest BCUT2D eigenvalue weighted by molar-refractivity contribution is -0.706. The Hall–Kier alpha value is -2.89. The first-order valence-electron chi connectivity index (χ1n) is 10.8. The summed E-state index contributed by atoms with van der Waals surface area (Å²) >= 11 is 0. The Bertz CT molecular complexity index is 893. The lowest BCUT2D eigenvalue weighted by Crippen LogP contribution is -2.43. The number of aliphatic carboxylic acids is 1. The maximum atomic E-state index is 12.9. The average molecular weight is 412 g/mol. The van der Waals surface area contributed by atoms with Gasteiger partial charge in [-0.25, -0.2) is 0 Å². The molecular formula is C24H31N2O4+. The van der Waals surface area contributed by atoms with E-state index in [9.17, 15) is 9.59 Å². The number of carboxylic acid groups (broad SMARTS) is 1. The van der Waals surface area contributed by atoms with Crippen molar-refractivity contribution in [2.24, 2.45) is 0 Å². The van der Waals surface area contributed by atoms with Crippen LogP contribution in [-0.4, -0.2) is 29.9 Å². The van der Waals surface area contributed by atoms with Crippen LogP contribution in [0.25, 0.3) is 0 Å². The second-order valence-corrected chi connectivity index (χ2v) is 7.63. The number of nitrogens with zero attached hydrogens (tertiary/aromatic N) is 2. The normalized spacial score (nSPS) is 15.4. The molecule has 30 heavy (non-hydrogen) atoms. The van der Waals surface area contributed by atoms with E-state index in [0.29, 0.717) is 12.8 Å². The van der Waals surface area contributed by atoms with Crippen LogP contribution in [0.15, 0.2) is 42.6 Å². The molecule has 1 aliphatic heterocycles. The van der Waals surface area contributed by atoms with E-state index in [1.165, 1.54) is 0 Å². The lowest BCUT2D eigenvalue weighted by Gasteiger charge is -2.27. The van der Waals surface area contributed by atoms with Crippen molar-refractivity contribution in [3.8, 4) is 5.75 Å².